The predicted molar refractivity (Wildman–Crippen MR) is 132 cm³/mol. The van der Waals surface area contributed by atoms with Crippen LogP contribution < -0.4 is 4.74 Å². The number of hydrogen-bond acceptors (Lipinski definition) is 1. The van der Waals surface area contributed by atoms with Crippen LogP contribution in [-0.2, 0) is 6.11 Å². The summed E-state index contributed by atoms with van der Waals surface area (Å²) in [4.78, 5) is 0. The van der Waals surface area contributed by atoms with Gasteiger partial charge in [-0.05, 0) is 79.0 Å². The molecule has 0 amide bonds. The molecule has 0 unspecified atom stereocenters. The summed E-state index contributed by atoms with van der Waals surface area (Å²) in [5, 5.41) is 0. The quantitative estimate of drug-likeness (QED) is 0.155. The minimum absolute atomic E-state index is 0.0901. The number of rotatable bonds is 9. The second-order valence-electron chi connectivity index (χ2n) is 9.82. The van der Waals surface area contributed by atoms with E-state index in [1.54, 1.807) is 0 Å². The summed E-state index contributed by atoms with van der Waals surface area (Å²) in [6, 6.07) is 10.4. The highest BCUT2D eigenvalue weighted by atomic mass is 19.3. The smallest absolute Gasteiger partial charge is 0.428 e. The van der Waals surface area contributed by atoms with E-state index in [1.807, 2.05) is 0 Å². The van der Waals surface area contributed by atoms with Crippen LogP contribution in [0.3, 0.4) is 0 Å². The molecule has 0 radical (unpaired) electrons. The third-order valence-electron chi connectivity index (χ3n) is 7.26. The van der Waals surface area contributed by atoms with E-state index >= 15 is 8.78 Å². The van der Waals surface area contributed by atoms with E-state index in [0.717, 1.165) is 37.8 Å². The molecule has 0 aliphatic heterocycles. The summed E-state index contributed by atoms with van der Waals surface area (Å²) in [6.45, 7) is 2.18. The zero-order chi connectivity index (χ0) is 26.6. The fourth-order valence-corrected chi connectivity index (χ4v) is 5.19. The molecule has 0 spiro atoms. The van der Waals surface area contributed by atoms with Gasteiger partial charge in [0.1, 0.15) is 11.6 Å². The first-order valence-corrected chi connectivity index (χ1v) is 12.8. The fraction of sp³-hybridized carbons (Fsp3) is 0.400. The molecule has 1 aliphatic carbocycles. The highest BCUT2D eigenvalue weighted by molar-refractivity contribution is 5.70. The lowest BCUT2D eigenvalue weighted by Crippen LogP contribution is -2.24. The van der Waals surface area contributed by atoms with Crippen LogP contribution >= 0.6 is 0 Å². The summed E-state index contributed by atoms with van der Waals surface area (Å²) in [7, 11) is 0. The van der Waals surface area contributed by atoms with Gasteiger partial charge in [0.15, 0.2) is 17.5 Å². The topological polar surface area (TPSA) is 9.23 Å². The molecule has 198 valence electrons. The Kier molecular flexibility index (Phi) is 8.50. The van der Waals surface area contributed by atoms with Gasteiger partial charge in [0.2, 0.25) is 0 Å². The molecule has 0 bridgehead atoms. The third kappa shape index (κ3) is 6.31. The first-order chi connectivity index (χ1) is 17.7. The SMILES string of the molecule is CCCCCC1CCC(c2ccc(C(F)(F)Oc3ccccc3-c3cc(F)c(F)c(F)c3)c(F)c2)CC1. The maximum absolute atomic E-state index is 15.1. The molecule has 1 fully saturated rings. The monoisotopic (exact) mass is 520 g/mol. The number of hydrogen-bond donors (Lipinski definition) is 0. The molecule has 1 aliphatic rings. The average molecular weight is 521 g/mol. The molecule has 0 heterocycles. The lowest BCUT2D eigenvalue weighted by atomic mass is 9.77. The lowest BCUT2D eigenvalue weighted by molar-refractivity contribution is -0.187. The molecule has 0 atom stereocenters. The molecule has 37 heavy (non-hydrogen) atoms. The van der Waals surface area contributed by atoms with Gasteiger partial charge in [-0.25, -0.2) is 17.6 Å². The van der Waals surface area contributed by atoms with Crippen LogP contribution in [0.15, 0.2) is 54.6 Å². The molecular formula is C30H30F6O. The van der Waals surface area contributed by atoms with E-state index in [9.17, 15) is 17.6 Å². The van der Waals surface area contributed by atoms with Gasteiger partial charge in [0, 0.05) is 5.56 Å². The third-order valence-corrected chi connectivity index (χ3v) is 7.26. The Morgan fingerprint density at radius 3 is 2.14 bits per heavy atom. The predicted octanol–water partition coefficient (Wildman–Crippen LogP) is 9.89. The summed E-state index contributed by atoms with van der Waals surface area (Å²) in [5.41, 5.74) is -0.519. The first-order valence-electron chi connectivity index (χ1n) is 12.8. The Balaban J connectivity index is 1.50. The molecule has 0 N–H and O–H groups in total. The molecular weight excluding hydrogens is 490 g/mol. The van der Waals surface area contributed by atoms with E-state index in [0.29, 0.717) is 23.6 Å². The van der Waals surface area contributed by atoms with Crippen molar-refractivity contribution in [1.29, 1.82) is 0 Å². The minimum Gasteiger partial charge on any atom is -0.428 e. The molecule has 0 saturated heterocycles. The van der Waals surface area contributed by atoms with Crippen molar-refractivity contribution >= 4 is 0 Å². The highest BCUT2D eigenvalue weighted by Gasteiger charge is 2.39. The molecule has 3 aromatic rings. The number of unbranched alkanes of at least 4 members (excludes halogenated alkanes) is 2. The highest BCUT2D eigenvalue weighted by Crippen LogP contribution is 2.41. The van der Waals surface area contributed by atoms with Crippen LogP contribution in [0, 0.1) is 29.2 Å². The van der Waals surface area contributed by atoms with Gasteiger partial charge < -0.3 is 4.74 Å². The van der Waals surface area contributed by atoms with Crippen LogP contribution in [0.25, 0.3) is 11.1 Å². The summed E-state index contributed by atoms with van der Waals surface area (Å²) in [5.74, 6) is -5.30. The maximum atomic E-state index is 15.1. The molecule has 0 aromatic heterocycles. The Morgan fingerprint density at radius 2 is 1.49 bits per heavy atom. The molecule has 1 saturated carbocycles. The average Bonchev–Trinajstić information content (AvgIpc) is 2.87. The van der Waals surface area contributed by atoms with Crippen molar-refractivity contribution in [2.45, 2.75) is 70.3 Å². The van der Waals surface area contributed by atoms with Crippen LogP contribution in [0.4, 0.5) is 26.3 Å². The van der Waals surface area contributed by atoms with E-state index < -0.39 is 40.7 Å². The van der Waals surface area contributed by atoms with Gasteiger partial charge in [0.25, 0.3) is 0 Å². The largest absolute Gasteiger partial charge is 0.429 e. The van der Waals surface area contributed by atoms with E-state index in [2.05, 4.69) is 6.92 Å². The van der Waals surface area contributed by atoms with Crippen molar-refractivity contribution < 1.29 is 31.1 Å². The van der Waals surface area contributed by atoms with Crippen molar-refractivity contribution in [2.24, 2.45) is 5.92 Å². The van der Waals surface area contributed by atoms with Gasteiger partial charge in [-0.2, -0.15) is 8.78 Å². The number of benzene rings is 3. The van der Waals surface area contributed by atoms with Crippen molar-refractivity contribution in [2.75, 3.05) is 0 Å². The Labute approximate surface area is 213 Å². The van der Waals surface area contributed by atoms with E-state index in [4.69, 9.17) is 4.74 Å². The van der Waals surface area contributed by atoms with Gasteiger partial charge in [-0.15, -0.1) is 0 Å². The summed E-state index contributed by atoms with van der Waals surface area (Å²) < 4.78 is 91.0. The first kappa shape index (κ1) is 27.1. The summed E-state index contributed by atoms with van der Waals surface area (Å²) in [6.07, 6.45) is 4.69. The second-order valence-corrected chi connectivity index (χ2v) is 9.82. The minimum atomic E-state index is -4.06. The molecule has 1 nitrogen and oxygen atoms in total. The number of ether oxygens (including phenoxy) is 1. The van der Waals surface area contributed by atoms with Gasteiger partial charge >= 0.3 is 6.11 Å². The van der Waals surface area contributed by atoms with Crippen LogP contribution in [0.1, 0.15) is 75.3 Å². The maximum Gasteiger partial charge on any atom is 0.429 e. The van der Waals surface area contributed by atoms with E-state index in [1.165, 1.54) is 56.0 Å². The molecule has 7 heteroatoms. The zero-order valence-corrected chi connectivity index (χ0v) is 20.7. The van der Waals surface area contributed by atoms with Crippen molar-refractivity contribution in [3.8, 4) is 16.9 Å². The molecule has 3 aromatic carbocycles. The standard InChI is InChI=1S/C30H30F6O/c1-2-3-4-7-19-10-12-20(13-11-19)21-14-15-24(25(31)16-21)30(35,36)37-28-9-6-5-8-23(28)22-17-26(32)29(34)27(33)18-22/h5-6,8-9,14-20H,2-4,7,10-13H2,1H3. The van der Waals surface area contributed by atoms with Gasteiger partial charge in [-0.1, -0.05) is 56.9 Å². The van der Waals surface area contributed by atoms with Crippen LogP contribution in [-0.4, -0.2) is 0 Å². The van der Waals surface area contributed by atoms with Crippen molar-refractivity contribution in [3.63, 3.8) is 0 Å². The normalized spacial score (nSPS) is 18.1. The van der Waals surface area contributed by atoms with Gasteiger partial charge in [-0.3, -0.25) is 0 Å². The number of alkyl halides is 2. The molecule has 4 rings (SSSR count). The number of para-hydroxylation sites is 1. The lowest BCUT2D eigenvalue weighted by Gasteiger charge is -2.29. The number of halogens is 6. The van der Waals surface area contributed by atoms with Crippen LogP contribution in [0.5, 0.6) is 5.75 Å². The van der Waals surface area contributed by atoms with Crippen LogP contribution in [0.2, 0.25) is 0 Å². The Morgan fingerprint density at radius 1 is 0.811 bits per heavy atom. The van der Waals surface area contributed by atoms with E-state index in [-0.39, 0.29) is 17.0 Å². The zero-order valence-electron chi connectivity index (χ0n) is 20.7. The fourth-order valence-electron chi connectivity index (χ4n) is 5.19. The second kappa shape index (κ2) is 11.6. The van der Waals surface area contributed by atoms with Crippen molar-refractivity contribution in [1.82, 2.24) is 0 Å². The van der Waals surface area contributed by atoms with Gasteiger partial charge in [0.05, 0.1) is 5.56 Å². The Bertz CT molecular complexity index is 1190. The van der Waals surface area contributed by atoms with Crippen molar-refractivity contribution in [3.05, 3.63) is 89.0 Å². The summed E-state index contributed by atoms with van der Waals surface area (Å²) >= 11 is 0. The Hall–Kier alpha value is -2.96.